The lowest BCUT2D eigenvalue weighted by molar-refractivity contribution is 0.623. The third kappa shape index (κ3) is 7.61. The van der Waals surface area contributed by atoms with Gasteiger partial charge in [0.25, 0.3) is 0 Å². The van der Waals surface area contributed by atoms with Crippen molar-refractivity contribution in [1.29, 1.82) is 0 Å². The molecule has 0 amide bonds. The molecule has 0 saturated heterocycles. The predicted octanol–water partition coefficient (Wildman–Crippen LogP) is 9.82. The van der Waals surface area contributed by atoms with Crippen molar-refractivity contribution in [3.8, 4) is 0 Å². The molecule has 0 heterocycles. The summed E-state index contributed by atoms with van der Waals surface area (Å²) in [7, 11) is -1.25. The van der Waals surface area contributed by atoms with Gasteiger partial charge in [0, 0.05) is 0 Å². The predicted molar refractivity (Wildman–Crippen MR) is 142 cm³/mol. The molecule has 0 aromatic heterocycles. The molecule has 0 nitrogen and oxygen atoms in total. The van der Waals surface area contributed by atoms with Crippen LogP contribution in [0.25, 0.3) is 21.5 Å². The molecule has 31 heavy (non-hydrogen) atoms. The number of hydrogen-bond donors (Lipinski definition) is 0. The fourth-order valence-corrected chi connectivity index (χ4v) is 6.16. The first-order valence-electron chi connectivity index (χ1n) is 12.1. The number of rotatable bonds is 7. The molecule has 0 fully saturated rings. The molecule has 0 unspecified atom stereocenters. The molecule has 0 radical (unpaired) electrons. The van der Waals surface area contributed by atoms with E-state index in [1.807, 2.05) is 0 Å². The van der Waals surface area contributed by atoms with E-state index in [2.05, 4.69) is 68.5 Å². The summed E-state index contributed by atoms with van der Waals surface area (Å²) in [5, 5.41) is 5.64. The smallest absolute Gasteiger partial charge is 0.150 e. The average molecular weight is 459 g/mol. The van der Waals surface area contributed by atoms with Gasteiger partial charge in [-0.2, -0.15) is 11.1 Å². The molecule has 3 aromatic carbocycles. The SMILES string of the molecule is CCCCCCCC[Si](C)(C)Cl.F.c1ccc2c(c1)ccc1c3c(ccc12)CCCC3. The van der Waals surface area contributed by atoms with Crippen LogP contribution in [0.1, 0.15) is 69.4 Å². The van der Waals surface area contributed by atoms with Gasteiger partial charge < -0.3 is 0 Å². The van der Waals surface area contributed by atoms with Crippen LogP contribution in [0.3, 0.4) is 0 Å². The number of aryl methyl sites for hydroxylation is 2. The Hall–Kier alpha value is -1.38. The van der Waals surface area contributed by atoms with Gasteiger partial charge >= 0.3 is 0 Å². The van der Waals surface area contributed by atoms with E-state index < -0.39 is 7.38 Å². The van der Waals surface area contributed by atoms with Crippen LogP contribution >= 0.6 is 11.1 Å². The highest BCUT2D eigenvalue weighted by Gasteiger charge is 2.15. The van der Waals surface area contributed by atoms with Gasteiger partial charge in [-0.1, -0.05) is 107 Å². The number of hydrogen-bond acceptors (Lipinski definition) is 0. The Kier molecular flexibility index (Phi) is 10.5. The number of halogens is 2. The van der Waals surface area contributed by atoms with E-state index in [1.165, 1.54) is 91.8 Å². The highest BCUT2D eigenvalue weighted by Crippen LogP contribution is 2.33. The molecule has 0 bridgehead atoms. The molecule has 4 rings (SSSR count). The Balaban J connectivity index is 0.000000234. The topological polar surface area (TPSA) is 0 Å². The Labute approximate surface area is 194 Å². The van der Waals surface area contributed by atoms with E-state index in [9.17, 15) is 0 Å². The van der Waals surface area contributed by atoms with Gasteiger partial charge in [0.15, 0.2) is 0 Å². The summed E-state index contributed by atoms with van der Waals surface area (Å²) < 4.78 is 0. The lowest BCUT2D eigenvalue weighted by Gasteiger charge is -2.18. The quantitative estimate of drug-likeness (QED) is 0.143. The standard InChI is InChI=1S/C18H16.C10H23ClSi.FH/c1-3-7-15-13(5-1)9-11-18-16-8-4-2-6-14(16)10-12-17(15)18;1-4-5-6-7-8-9-10-12(2,3)11;/h1,3,5,7,9-12H,2,4,6,8H2;4-10H2,1-3H3;1H. The number of unbranched alkanes of at least 4 members (excludes halogenated alkanes) is 5. The summed E-state index contributed by atoms with van der Waals surface area (Å²) in [4.78, 5) is 0. The zero-order valence-electron chi connectivity index (χ0n) is 19.7. The van der Waals surface area contributed by atoms with Crippen LogP contribution < -0.4 is 0 Å². The first-order chi connectivity index (χ1) is 14.5. The Bertz CT molecular complexity index is 945. The van der Waals surface area contributed by atoms with E-state index in [0.29, 0.717) is 0 Å². The largest absolute Gasteiger partial charge is 0.269 e. The van der Waals surface area contributed by atoms with Gasteiger partial charge in [0.05, 0.1) is 0 Å². The highest BCUT2D eigenvalue weighted by atomic mass is 35.6. The lowest BCUT2D eigenvalue weighted by atomic mass is 9.86. The summed E-state index contributed by atoms with van der Waals surface area (Å²) in [6, 6.07) is 19.3. The van der Waals surface area contributed by atoms with E-state index in [-0.39, 0.29) is 4.70 Å². The van der Waals surface area contributed by atoms with Crippen LogP contribution in [0.5, 0.6) is 0 Å². The van der Waals surface area contributed by atoms with Crippen molar-refractivity contribution in [2.24, 2.45) is 0 Å². The van der Waals surface area contributed by atoms with Crippen molar-refractivity contribution in [1.82, 2.24) is 0 Å². The molecule has 3 heteroatoms. The number of benzene rings is 3. The lowest BCUT2D eigenvalue weighted by Crippen LogP contribution is -2.14. The van der Waals surface area contributed by atoms with Crippen LogP contribution in [-0.4, -0.2) is 7.38 Å². The molecule has 1 aliphatic carbocycles. The van der Waals surface area contributed by atoms with Crippen LogP contribution in [0.15, 0.2) is 48.5 Å². The molecular weight excluding hydrogens is 419 g/mol. The van der Waals surface area contributed by atoms with Crippen LogP contribution in [0.4, 0.5) is 4.70 Å². The minimum atomic E-state index is -1.25. The first-order valence-corrected chi connectivity index (χ1v) is 16.3. The zero-order chi connectivity index (χ0) is 21.4. The van der Waals surface area contributed by atoms with E-state index in [0.717, 1.165) is 0 Å². The summed E-state index contributed by atoms with van der Waals surface area (Å²) in [5.41, 5.74) is 3.17. The second-order valence-corrected chi connectivity index (χ2v) is 16.5. The Morgan fingerprint density at radius 3 is 2.19 bits per heavy atom. The molecule has 170 valence electrons. The second kappa shape index (κ2) is 12.6. The van der Waals surface area contributed by atoms with Gasteiger partial charge in [-0.3, -0.25) is 4.70 Å². The first kappa shape index (κ1) is 25.9. The summed E-state index contributed by atoms with van der Waals surface area (Å²) in [6.45, 7) is 6.73. The van der Waals surface area contributed by atoms with Gasteiger partial charge in [0.1, 0.15) is 7.38 Å². The minimum Gasteiger partial charge on any atom is -0.269 e. The second-order valence-electron chi connectivity index (χ2n) is 9.53. The fraction of sp³-hybridized carbons (Fsp3) is 0.500. The van der Waals surface area contributed by atoms with E-state index in [4.69, 9.17) is 11.1 Å². The average Bonchev–Trinajstić information content (AvgIpc) is 2.75. The van der Waals surface area contributed by atoms with Crippen molar-refractivity contribution in [3.05, 3.63) is 59.7 Å². The summed E-state index contributed by atoms with van der Waals surface area (Å²) in [6.07, 6.45) is 13.5. The zero-order valence-corrected chi connectivity index (χ0v) is 21.4. The van der Waals surface area contributed by atoms with Gasteiger partial charge in [0.2, 0.25) is 0 Å². The molecule has 1 aliphatic rings. The maximum atomic E-state index is 6.21. The number of fused-ring (bicyclic) bond motifs is 5. The highest BCUT2D eigenvalue weighted by molar-refractivity contribution is 7.19. The molecule has 0 N–H and O–H groups in total. The maximum Gasteiger partial charge on any atom is 0.150 e. The van der Waals surface area contributed by atoms with E-state index in [1.54, 1.807) is 11.1 Å². The van der Waals surface area contributed by atoms with Crippen molar-refractivity contribution in [2.45, 2.75) is 90.3 Å². The van der Waals surface area contributed by atoms with Crippen LogP contribution in [0.2, 0.25) is 19.1 Å². The third-order valence-electron chi connectivity index (χ3n) is 6.38. The monoisotopic (exact) mass is 458 g/mol. The van der Waals surface area contributed by atoms with Crippen molar-refractivity contribution in [3.63, 3.8) is 0 Å². The molecular formula is C28H40ClFSi. The van der Waals surface area contributed by atoms with Crippen LogP contribution in [0, 0.1) is 0 Å². The Morgan fingerprint density at radius 1 is 0.742 bits per heavy atom. The summed E-state index contributed by atoms with van der Waals surface area (Å²) >= 11 is 6.21. The Morgan fingerprint density at radius 2 is 1.42 bits per heavy atom. The van der Waals surface area contributed by atoms with Crippen molar-refractivity contribution in [2.75, 3.05) is 0 Å². The third-order valence-corrected chi connectivity index (χ3v) is 8.49. The van der Waals surface area contributed by atoms with Crippen molar-refractivity contribution >= 4 is 40.0 Å². The molecule has 0 spiro atoms. The molecule has 0 atom stereocenters. The van der Waals surface area contributed by atoms with Gasteiger partial charge in [-0.05, 0) is 64.4 Å². The maximum absolute atomic E-state index is 6.21. The summed E-state index contributed by atoms with van der Waals surface area (Å²) in [5.74, 6) is 0. The van der Waals surface area contributed by atoms with Gasteiger partial charge in [-0.15, -0.1) is 0 Å². The normalized spacial score (nSPS) is 13.3. The van der Waals surface area contributed by atoms with Crippen LogP contribution in [-0.2, 0) is 12.8 Å². The minimum absolute atomic E-state index is 0. The van der Waals surface area contributed by atoms with E-state index >= 15 is 0 Å². The fourth-order valence-electron chi connectivity index (χ4n) is 4.67. The van der Waals surface area contributed by atoms with Gasteiger partial charge in [-0.25, -0.2) is 0 Å². The molecule has 0 saturated carbocycles. The molecule has 0 aliphatic heterocycles. The van der Waals surface area contributed by atoms with Crippen molar-refractivity contribution < 1.29 is 4.70 Å². The molecule has 3 aromatic rings.